The molecular weight excluding hydrogens is 156 g/mol. The molecule has 0 aliphatic rings. The Balaban J connectivity index is 2.51. The number of rotatable bonds is 1. The summed E-state index contributed by atoms with van der Waals surface area (Å²) in [6.45, 7) is 0. The molecule has 0 fully saturated rings. The number of benzene rings is 1. The Labute approximate surface area is 67.7 Å². The van der Waals surface area contributed by atoms with Crippen LogP contribution >= 0.6 is 0 Å². The van der Waals surface area contributed by atoms with Gasteiger partial charge in [0.2, 0.25) is 11.4 Å². The van der Waals surface area contributed by atoms with Crippen LogP contribution in [0.25, 0.3) is 5.69 Å². The molecule has 0 aliphatic carbocycles. The summed E-state index contributed by atoms with van der Waals surface area (Å²) >= 11 is 0. The fourth-order valence-corrected chi connectivity index (χ4v) is 0.866. The Kier molecular flexibility index (Phi) is 1.48. The molecule has 0 atom stereocenters. The van der Waals surface area contributed by atoms with Crippen LogP contribution in [0.1, 0.15) is 0 Å². The van der Waals surface area contributed by atoms with Crippen LogP contribution in [0.2, 0.25) is 0 Å². The Bertz CT molecular complexity index is 416. The van der Waals surface area contributed by atoms with Crippen molar-refractivity contribution in [2.45, 2.75) is 0 Å². The lowest BCUT2D eigenvalue weighted by Gasteiger charge is -1.85. The highest BCUT2D eigenvalue weighted by Crippen LogP contribution is 1.93. The molecule has 60 valence electrons. The molecule has 0 radical (unpaired) electrons. The van der Waals surface area contributed by atoms with Crippen molar-refractivity contribution in [3.63, 3.8) is 0 Å². The maximum Gasteiger partial charge on any atom is 0.244 e. The van der Waals surface area contributed by atoms with Crippen LogP contribution in [0.5, 0.6) is 0 Å². The topological polar surface area (TPSA) is 67.9 Å². The number of aromatic nitrogens is 3. The van der Waals surface area contributed by atoms with E-state index in [-0.39, 0.29) is 5.68 Å². The summed E-state index contributed by atoms with van der Waals surface area (Å²) in [7, 11) is 0. The van der Waals surface area contributed by atoms with Gasteiger partial charge in [0.05, 0.1) is 5.27 Å². The van der Waals surface area contributed by atoms with Gasteiger partial charge in [-0.1, -0.05) is 23.3 Å². The van der Waals surface area contributed by atoms with E-state index in [2.05, 4.69) is 14.9 Å². The van der Waals surface area contributed by atoms with Crippen LogP contribution in [-0.2, 0) is 0 Å². The van der Waals surface area contributed by atoms with Crippen molar-refractivity contribution in [1.29, 1.82) is 5.41 Å². The molecule has 0 amide bonds. The van der Waals surface area contributed by atoms with Gasteiger partial charge in [-0.25, -0.2) is 0 Å². The summed E-state index contributed by atoms with van der Waals surface area (Å²) in [6.07, 6.45) is 0. The molecule has 1 aromatic carbocycles. The molecule has 12 heavy (non-hydrogen) atoms. The minimum atomic E-state index is -0.196. The van der Waals surface area contributed by atoms with Crippen LogP contribution in [-0.4, -0.2) is 5.27 Å². The predicted molar refractivity (Wildman–Crippen MR) is 37.2 cm³/mol. The van der Waals surface area contributed by atoms with E-state index in [1.165, 1.54) is 4.80 Å². The molecule has 0 bridgehead atoms. The molecule has 1 N–H and O–H groups in total. The Morgan fingerprint density at radius 1 is 1.33 bits per heavy atom. The average molecular weight is 162 g/mol. The minimum Gasteiger partial charge on any atom is -0.376 e. The third kappa shape index (κ3) is 1.12. The molecule has 0 saturated heterocycles. The molecule has 2 rings (SSSR count). The van der Waals surface area contributed by atoms with Crippen molar-refractivity contribution in [2.24, 2.45) is 0 Å². The normalized spacial score (nSPS) is 10.0. The van der Waals surface area contributed by atoms with Crippen LogP contribution in [0.3, 0.4) is 0 Å². The first-order chi connectivity index (χ1) is 5.86. The van der Waals surface area contributed by atoms with Gasteiger partial charge in [0.25, 0.3) is 0 Å². The van der Waals surface area contributed by atoms with Crippen molar-refractivity contribution >= 4 is 0 Å². The van der Waals surface area contributed by atoms with Crippen molar-refractivity contribution < 1.29 is 9.32 Å². The third-order valence-electron chi connectivity index (χ3n) is 1.38. The first-order valence-corrected chi connectivity index (χ1v) is 3.39. The smallest absolute Gasteiger partial charge is 0.244 e. The highest BCUT2D eigenvalue weighted by Gasteiger charge is 2.03. The van der Waals surface area contributed by atoms with Gasteiger partial charge in [-0.15, -0.1) is 0 Å². The zero-order chi connectivity index (χ0) is 8.39. The Hall–Kier alpha value is -1.91. The van der Waals surface area contributed by atoms with Crippen LogP contribution in [0, 0.1) is 5.41 Å². The third-order valence-corrected chi connectivity index (χ3v) is 1.38. The van der Waals surface area contributed by atoms with Crippen molar-refractivity contribution in [3.8, 4) is 5.69 Å². The number of para-hydroxylation sites is 1. The van der Waals surface area contributed by atoms with E-state index in [9.17, 15) is 0 Å². The molecule has 5 heteroatoms. The van der Waals surface area contributed by atoms with Gasteiger partial charge in [0.15, 0.2) is 0 Å². The van der Waals surface area contributed by atoms with Crippen molar-refractivity contribution in [3.05, 3.63) is 36.0 Å². The highest BCUT2D eigenvalue weighted by molar-refractivity contribution is 5.19. The van der Waals surface area contributed by atoms with Gasteiger partial charge in [-0.3, -0.25) is 0 Å². The standard InChI is InChI=1S/C7H6N4O/c8-7-9-11(10-12-7)6-4-2-1-3-5-6/h1-5,8H. The van der Waals surface area contributed by atoms with Crippen molar-refractivity contribution in [1.82, 2.24) is 10.4 Å². The number of nitrogens with zero attached hydrogens (tertiary/aromatic N) is 3. The average Bonchev–Trinajstić information content (AvgIpc) is 2.54. The highest BCUT2D eigenvalue weighted by atomic mass is 16.5. The Morgan fingerprint density at radius 3 is 2.67 bits per heavy atom. The van der Waals surface area contributed by atoms with Gasteiger partial charge < -0.3 is 9.93 Å². The molecular formula is C7H6N4O. The number of hydrogen-bond donors (Lipinski definition) is 1. The molecule has 5 nitrogen and oxygen atoms in total. The molecule has 0 saturated carbocycles. The van der Waals surface area contributed by atoms with Gasteiger partial charge in [-0.05, 0) is 4.80 Å². The predicted octanol–water partition coefficient (Wildman–Crippen LogP) is -0.612. The first-order valence-electron chi connectivity index (χ1n) is 3.39. The van der Waals surface area contributed by atoms with E-state index in [0.29, 0.717) is 0 Å². The second-order valence-corrected chi connectivity index (χ2v) is 2.20. The van der Waals surface area contributed by atoms with Crippen LogP contribution in [0.4, 0.5) is 0 Å². The monoisotopic (exact) mass is 162 g/mol. The lowest BCUT2D eigenvalue weighted by Crippen LogP contribution is -2.39. The van der Waals surface area contributed by atoms with E-state index in [0.717, 1.165) is 5.69 Å². The van der Waals surface area contributed by atoms with E-state index < -0.39 is 0 Å². The minimum absolute atomic E-state index is 0.196. The molecule has 1 heterocycles. The van der Waals surface area contributed by atoms with Gasteiger partial charge in [-0.2, -0.15) is 0 Å². The van der Waals surface area contributed by atoms with Crippen LogP contribution in [0.15, 0.2) is 34.9 Å². The van der Waals surface area contributed by atoms with Gasteiger partial charge in [0.1, 0.15) is 0 Å². The molecule has 0 unspecified atom stereocenters. The van der Waals surface area contributed by atoms with E-state index in [1.54, 1.807) is 0 Å². The lowest BCUT2D eigenvalue weighted by molar-refractivity contribution is -0.730. The summed E-state index contributed by atoms with van der Waals surface area (Å²) < 4.78 is 4.49. The second kappa shape index (κ2) is 2.61. The number of nitrogens with one attached hydrogen (secondary N) is 1. The quantitative estimate of drug-likeness (QED) is 0.568. The fraction of sp³-hybridized carbons (Fsp3) is 0. The fourth-order valence-electron chi connectivity index (χ4n) is 0.866. The summed E-state index contributed by atoms with van der Waals surface area (Å²) in [6, 6.07) is 9.28. The van der Waals surface area contributed by atoms with Gasteiger partial charge >= 0.3 is 0 Å². The maximum absolute atomic E-state index is 7.00. The zero-order valence-corrected chi connectivity index (χ0v) is 6.14. The lowest BCUT2D eigenvalue weighted by atomic mass is 10.3. The molecule has 2 aromatic rings. The van der Waals surface area contributed by atoms with Gasteiger partial charge in [0, 0.05) is 12.1 Å². The van der Waals surface area contributed by atoms with E-state index in [4.69, 9.17) is 5.41 Å². The molecule has 0 aliphatic heterocycles. The summed E-state index contributed by atoms with van der Waals surface area (Å²) in [5, 5.41) is 14.2. The SMILES string of the molecule is N=c1[n-][n+](-c2ccccc2)no1. The summed E-state index contributed by atoms with van der Waals surface area (Å²) in [4.78, 5) is 1.27. The summed E-state index contributed by atoms with van der Waals surface area (Å²) in [5.41, 5.74) is 0.582. The van der Waals surface area contributed by atoms with E-state index >= 15 is 0 Å². The molecule has 0 spiro atoms. The number of hydrogen-bond acceptors (Lipinski definition) is 3. The second-order valence-electron chi connectivity index (χ2n) is 2.20. The first kappa shape index (κ1) is 6.78. The largest absolute Gasteiger partial charge is 0.376 e. The maximum atomic E-state index is 7.00. The Morgan fingerprint density at radius 2 is 2.08 bits per heavy atom. The van der Waals surface area contributed by atoms with Crippen LogP contribution < -0.4 is 15.6 Å². The zero-order valence-electron chi connectivity index (χ0n) is 6.14. The van der Waals surface area contributed by atoms with E-state index in [1.807, 2.05) is 30.3 Å². The summed E-state index contributed by atoms with van der Waals surface area (Å²) in [5.74, 6) is 0. The molecule has 1 aromatic heterocycles. The van der Waals surface area contributed by atoms with Crippen molar-refractivity contribution in [2.75, 3.05) is 0 Å².